The molecule has 0 radical (unpaired) electrons. The van der Waals surface area contributed by atoms with Crippen molar-refractivity contribution in [3.63, 3.8) is 0 Å². The van der Waals surface area contributed by atoms with E-state index >= 15 is 0 Å². The van der Waals surface area contributed by atoms with E-state index in [0.29, 0.717) is 11.5 Å². The summed E-state index contributed by atoms with van der Waals surface area (Å²) < 4.78 is 11.9. The number of nitrogens with zero attached hydrogens (tertiary/aromatic N) is 2. The van der Waals surface area contributed by atoms with E-state index in [4.69, 9.17) is 14.5 Å². The number of anilines is 1. The van der Waals surface area contributed by atoms with Crippen molar-refractivity contribution < 1.29 is 14.3 Å². The van der Waals surface area contributed by atoms with Crippen LogP contribution < -0.4 is 14.8 Å². The predicted molar refractivity (Wildman–Crippen MR) is 109 cm³/mol. The Morgan fingerprint density at radius 3 is 3.00 bits per heavy atom. The molecule has 3 aromatic rings. The number of carbonyl (C=O) groups is 1. The summed E-state index contributed by atoms with van der Waals surface area (Å²) in [6.45, 7) is 3.09. The Bertz CT molecular complexity index is 1000. The summed E-state index contributed by atoms with van der Waals surface area (Å²) in [5.41, 5.74) is 1.75. The molecular formula is C21H21N3O3S. The normalized spacial score (nSPS) is 19.8. The quantitative estimate of drug-likeness (QED) is 0.718. The van der Waals surface area contributed by atoms with Gasteiger partial charge >= 0.3 is 0 Å². The fourth-order valence-electron chi connectivity index (χ4n) is 3.92. The number of rotatable bonds is 4. The van der Waals surface area contributed by atoms with Gasteiger partial charge in [0.2, 0.25) is 12.7 Å². The van der Waals surface area contributed by atoms with E-state index in [0.717, 1.165) is 35.6 Å². The van der Waals surface area contributed by atoms with Crippen molar-refractivity contribution in [3.05, 3.63) is 47.5 Å². The minimum Gasteiger partial charge on any atom is -0.454 e. The molecule has 5 rings (SSSR count). The van der Waals surface area contributed by atoms with Gasteiger partial charge in [0.25, 0.3) is 0 Å². The van der Waals surface area contributed by atoms with E-state index in [1.54, 1.807) is 11.3 Å². The predicted octanol–water partition coefficient (Wildman–Crippen LogP) is 4.19. The van der Waals surface area contributed by atoms with Gasteiger partial charge in [-0.15, -0.1) is 11.3 Å². The van der Waals surface area contributed by atoms with Gasteiger partial charge in [0.1, 0.15) is 5.01 Å². The van der Waals surface area contributed by atoms with Crippen LogP contribution in [0.4, 0.5) is 5.69 Å². The van der Waals surface area contributed by atoms with Gasteiger partial charge in [-0.25, -0.2) is 4.98 Å². The molecule has 2 atom stereocenters. The lowest BCUT2D eigenvalue weighted by atomic mass is 10.2. The number of para-hydroxylation sites is 1. The first kappa shape index (κ1) is 17.5. The van der Waals surface area contributed by atoms with Crippen LogP contribution in [0.2, 0.25) is 0 Å². The van der Waals surface area contributed by atoms with Gasteiger partial charge < -0.3 is 14.8 Å². The second kappa shape index (κ2) is 7.07. The Labute approximate surface area is 167 Å². The molecule has 2 aromatic carbocycles. The first-order chi connectivity index (χ1) is 13.7. The molecule has 1 saturated heterocycles. The topological polar surface area (TPSA) is 63.7 Å². The monoisotopic (exact) mass is 395 g/mol. The molecule has 0 saturated carbocycles. The van der Waals surface area contributed by atoms with Crippen LogP contribution in [-0.4, -0.2) is 35.2 Å². The van der Waals surface area contributed by atoms with E-state index in [-0.39, 0.29) is 24.8 Å². The van der Waals surface area contributed by atoms with E-state index < -0.39 is 0 Å². The summed E-state index contributed by atoms with van der Waals surface area (Å²) in [5.74, 6) is 1.35. The highest BCUT2D eigenvalue weighted by Gasteiger charge is 2.35. The fourth-order valence-corrected chi connectivity index (χ4v) is 5.05. The number of likely N-dealkylation sites (tertiary alicyclic amines) is 1. The van der Waals surface area contributed by atoms with Gasteiger partial charge in [-0.2, -0.15) is 0 Å². The van der Waals surface area contributed by atoms with Crippen molar-refractivity contribution in [2.24, 2.45) is 0 Å². The lowest BCUT2D eigenvalue weighted by Crippen LogP contribution is -2.41. The lowest BCUT2D eigenvalue weighted by Gasteiger charge is -2.28. The average Bonchev–Trinajstić information content (AvgIpc) is 3.44. The lowest BCUT2D eigenvalue weighted by molar-refractivity contribution is -0.121. The van der Waals surface area contributed by atoms with Crippen LogP contribution in [0.1, 0.15) is 30.8 Å². The smallest absolute Gasteiger partial charge is 0.241 e. The summed E-state index contributed by atoms with van der Waals surface area (Å²) in [5, 5.41) is 4.11. The molecule has 2 aliphatic heterocycles. The highest BCUT2D eigenvalue weighted by molar-refractivity contribution is 7.18. The number of hydrogen-bond acceptors (Lipinski definition) is 6. The molecule has 2 unspecified atom stereocenters. The summed E-state index contributed by atoms with van der Waals surface area (Å²) in [6, 6.07) is 13.6. The van der Waals surface area contributed by atoms with Crippen LogP contribution in [0.15, 0.2) is 42.5 Å². The number of benzene rings is 2. The van der Waals surface area contributed by atoms with Crippen LogP contribution in [0.3, 0.4) is 0 Å². The SMILES string of the molecule is CC(C(=O)Nc1ccc2c(c1)OCO2)N1CCCC1c1nc2ccccc2s1. The Kier molecular flexibility index (Phi) is 4.41. The molecular weight excluding hydrogens is 374 g/mol. The molecule has 6 nitrogen and oxygen atoms in total. The zero-order valence-corrected chi connectivity index (χ0v) is 16.4. The molecule has 0 aliphatic carbocycles. The second-order valence-electron chi connectivity index (χ2n) is 7.15. The second-order valence-corrected chi connectivity index (χ2v) is 8.21. The first-order valence-corrected chi connectivity index (χ1v) is 10.3. The minimum absolute atomic E-state index is 0.0214. The molecule has 7 heteroatoms. The van der Waals surface area contributed by atoms with Crippen LogP contribution in [0, 0.1) is 0 Å². The van der Waals surface area contributed by atoms with Crippen molar-refractivity contribution in [2.45, 2.75) is 31.8 Å². The Morgan fingerprint density at radius 1 is 1.25 bits per heavy atom. The summed E-state index contributed by atoms with van der Waals surface area (Å²) >= 11 is 1.73. The number of ether oxygens (including phenoxy) is 2. The van der Waals surface area contributed by atoms with Gasteiger partial charge in [0.15, 0.2) is 11.5 Å². The number of thiazole rings is 1. The van der Waals surface area contributed by atoms with E-state index in [1.807, 2.05) is 43.3 Å². The maximum Gasteiger partial charge on any atom is 0.241 e. The molecule has 28 heavy (non-hydrogen) atoms. The van der Waals surface area contributed by atoms with Crippen LogP contribution >= 0.6 is 11.3 Å². The molecule has 0 spiro atoms. The molecule has 1 N–H and O–H groups in total. The maximum atomic E-state index is 12.9. The number of nitrogens with one attached hydrogen (secondary N) is 1. The minimum atomic E-state index is -0.245. The zero-order chi connectivity index (χ0) is 19.1. The molecule has 1 fully saturated rings. The molecule has 3 heterocycles. The molecule has 2 aliphatic rings. The number of fused-ring (bicyclic) bond motifs is 2. The largest absolute Gasteiger partial charge is 0.454 e. The highest BCUT2D eigenvalue weighted by Crippen LogP contribution is 2.38. The van der Waals surface area contributed by atoms with Crippen molar-refractivity contribution in [1.29, 1.82) is 0 Å². The van der Waals surface area contributed by atoms with Gasteiger partial charge in [0, 0.05) is 11.8 Å². The Morgan fingerprint density at radius 2 is 2.11 bits per heavy atom. The highest BCUT2D eigenvalue weighted by atomic mass is 32.1. The summed E-state index contributed by atoms with van der Waals surface area (Å²) in [7, 11) is 0. The zero-order valence-electron chi connectivity index (χ0n) is 15.6. The number of amides is 1. The van der Waals surface area contributed by atoms with E-state index in [2.05, 4.69) is 16.3 Å². The third-order valence-corrected chi connectivity index (χ3v) is 6.54. The molecule has 0 bridgehead atoms. The van der Waals surface area contributed by atoms with E-state index in [9.17, 15) is 4.79 Å². The van der Waals surface area contributed by atoms with Gasteiger partial charge in [-0.3, -0.25) is 9.69 Å². The van der Waals surface area contributed by atoms with Crippen molar-refractivity contribution >= 4 is 33.1 Å². The Balaban J connectivity index is 1.33. The standard InChI is InChI=1S/C21H21N3O3S/c1-13(20(25)22-14-8-9-17-18(11-14)27-12-26-17)24-10-4-6-16(24)21-23-15-5-2-3-7-19(15)28-21/h2-3,5,7-9,11,13,16H,4,6,10,12H2,1H3,(H,22,25). The molecule has 144 valence electrons. The average molecular weight is 395 g/mol. The fraction of sp³-hybridized carbons (Fsp3) is 0.333. The van der Waals surface area contributed by atoms with Crippen molar-refractivity contribution in [2.75, 3.05) is 18.7 Å². The Hall–Kier alpha value is -2.64. The van der Waals surface area contributed by atoms with Crippen LogP contribution in [0.5, 0.6) is 11.5 Å². The third-order valence-electron chi connectivity index (χ3n) is 5.41. The number of carbonyl (C=O) groups excluding carboxylic acids is 1. The number of hydrogen-bond donors (Lipinski definition) is 1. The van der Waals surface area contributed by atoms with Crippen LogP contribution in [0.25, 0.3) is 10.2 Å². The first-order valence-electron chi connectivity index (χ1n) is 9.51. The molecule has 1 amide bonds. The molecule has 1 aromatic heterocycles. The number of aromatic nitrogens is 1. The summed E-state index contributed by atoms with van der Waals surface area (Å²) in [6.07, 6.45) is 2.10. The van der Waals surface area contributed by atoms with Crippen LogP contribution in [-0.2, 0) is 4.79 Å². The van der Waals surface area contributed by atoms with Crippen molar-refractivity contribution in [3.8, 4) is 11.5 Å². The third kappa shape index (κ3) is 3.10. The van der Waals surface area contributed by atoms with E-state index in [1.165, 1.54) is 4.70 Å². The van der Waals surface area contributed by atoms with Crippen molar-refractivity contribution in [1.82, 2.24) is 9.88 Å². The van der Waals surface area contributed by atoms with Gasteiger partial charge in [-0.05, 0) is 50.6 Å². The summed E-state index contributed by atoms with van der Waals surface area (Å²) in [4.78, 5) is 20.0. The maximum absolute atomic E-state index is 12.9. The van der Waals surface area contributed by atoms with Gasteiger partial charge in [-0.1, -0.05) is 12.1 Å². The van der Waals surface area contributed by atoms with Gasteiger partial charge in [0.05, 0.1) is 22.3 Å².